The Morgan fingerprint density at radius 1 is 1.27 bits per heavy atom. The summed E-state index contributed by atoms with van der Waals surface area (Å²) in [5.41, 5.74) is 7.87. The Hall–Kier alpha value is -3.69. The molecule has 0 spiro atoms. The summed E-state index contributed by atoms with van der Waals surface area (Å²) >= 11 is 0. The number of carbonyl (C=O) groups excluding carboxylic acids is 2. The number of hydrogen-bond donors (Lipinski definition) is 5. The second kappa shape index (κ2) is 7.97. The molecule has 1 fully saturated rings. The van der Waals surface area contributed by atoms with Gasteiger partial charge in [0.15, 0.2) is 12.2 Å². The van der Waals surface area contributed by atoms with Gasteiger partial charge >= 0.3 is 0 Å². The molecule has 9 nitrogen and oxygen atoms in total. The molecule has 0 unspecified atom stereocenters. The van der Waals surface area contributed by atoms with Crippen molar-refractivity contribution in [1.29, 1.82) is 5.41 Å². The first-order chi connectivity index (χ1) is 14.4. The number of amides is 2. The molecule has 0 bridgehead atoms. The van der Waals surface area contributed by atoms with E-state index < -0.39 is 24.0 Å². The van der Waals surface area contributed by atoms with Gasteiger partial charge in [-0.05, 0) is 47.9 Å². The zero-order valence-electron chi connectivity index (χ0n) is 16.0. The molecule has 2 heterocycles. The van der Waals surface area contributed by atoms with Crippen molar-refractivity contribution in [3.05, 3.63) is 60.3 Å². The number of morpholine rings is 1. The van der Waals surface area contributed by atoms with Crippen LogP contribution in [-0.4, -0.2) is 53.1 Å². The molecule has 3 aromatic rings. The third-order valence-electron chi connectivity index (χ3n) is 4.99. The standard InChI is InChI=1S/C21H21N5O4/c22-19(23)13-1-4-14(5-2-13)25-20(28)17(27)18-21(29)26(9-10-30-18)15-6-3-12-7-8-24-16(12)11-15/h1-8,11,17-18,24,27H,9-10H2,(H3,22,23)(H,25,28)/t17-,18-/m1/s1. The third-order valence-corrected chi connectivity index (χ3v) is 4.99. The summed E-state index contributed by atoms with van der Waals surface area (Å²) in [4.78, 5) is 30.0. The number of aromatic amines is 1. The van der Waals surface area contributed by atoms with E-state index in [1.54, 1.807) is 24.3 Å². The smallest absolute Gasteiger partial charge is 0.259 e. The number of amidine groups is 1. The molecule has 2 atom stereocenters. The van der Waals surface area contributed by atoms with Crippen LogP contribution in [0.15, 0.2) is 54.7 Å². The fourth-order valence-corrected chi connectivity index (χ4v) is 3.38. The van der Waals surface area contributed by atoms with Gasteiger partial charge in [-0.1, -0.05) is 6.07 Å². The molecule has 6 N–H and O–H groups in total. The number of nitrogens with one attached hydrogen (secondary N) is 3. The number of carbonyl (C=O) groups is 2. The monoisotopic (exact) mass is 407 g/mol. The molecule has 1 aromatic heterocycles. The molecule has 30 heavy (non-hydrogen) atoms. The summed E-state index contributed by atoms with van der Waals surface area (Å²) in [5.74, 6) is -1.33. The molecule has 2 amide bonds. The van der Waals surface area contributed by atoms with Gasteiger partial charge in [-0.15, -0.1) is 0 Å². The summed E-state index contributed by atoms with van der Waals surface area (Å²) in [5, 5.41) is 21.4. The van der Waals surface area contributed by atoms with Crippen LogP contribution in [0.4, 0.5) is 11.4 Å². The number of nitrogens with zero attached hydrogens (tertiary/aromatic N) is 1. The summed E-state index contributed by atoms with van der Waals surface area (Å²) in [6.45, 7) is 0.513. The zero-order chi connectivity index (χ0) is 21.3. The molecular formula is C21H21N5O4. The molecule has 9 heteroatoms. The predicted molar refractivity (Wildman–Crippen MR) is 112 cm³/mol. The van der Waals surface area contributed by atoms with Gasteiger partial charge in [-0.2, -0.15) is 0 Å². The molecular weight excluding hydrogens is 386 g/mol. The zero-order valence-corrected chi connectivity index (χ0v) is 16.0. The maximum Gasteiger partial charge on any atom is 0.259 e. The minimum absolute atomic E-state index is 0.0910. The third kappa shape index (κ3) is 3.76. The summed E-state index contributed by atoms with van der Waals surface area (Å²) in [6, 6.07) is 13.8. The molecule has 0 saturated carbocycles. The van der Waals surface area contributed by atoms with Crippen LogP contribution in [0, 0.1) is 5.41 Å². The fraction of sp³-hybridized carbons (Fsp3) is 0.190. The lowest BCUT2D eigenvalue weighted by atomic mass is 10.1. The molecule has 1 saturated heterocycles. The van der Waals surface area contributed by atoms with E-state index in [9.17, 15) is 14.7 Å². The number of ether oxygens (including phenoxy) is 1. The highest BCUT2D eigenvalue weighted by atomic mass is 16.5. The Labute approximate surface area is 171 Å². The average molecular weight is 407 g/mol. The normalized spacial score (nSPS) is 17.7. The molecule has 1 aliphatic heterocycles. The summed E-state index contributed by atoms with van der Waals surface area (Å²) < 4.78 is 5.43. The highest BCUT2D eigenvalue weighted by Gasteiger charge is 2.39. The molecule has 1 aliphatic rings. The molecule has 154 valence electrons. The van der Waals surface area contributed by atoms with E-state index in [4.69, 9.17) is 15.9 Å². The highest BCUT2D eigenvalue weighted by molar-refractivity contribution is 6.04. The number of fused-ring (bicyclic) bond motifs is 1. The van der Waals surface area contributed by atoms with Gasteiger partial charge in [0.1, 0.15) is 5.84 Å². The number of H-pyrrole nitrogens is 1. The van der Waals surface area contributed by atoms with Crippen molar-refractivity contribution in [2.24, 2.45) is 5.73 Å². The number of rotatable bonds is 5. The average Bonchev–Trinajstić information content (AvgIpc) is 3.21. The maximum absolute atomic E-state index is 12.9. The Morgan fingerprint density at radius 2 is 2.03 bits per heavy atom. The number of aliphatic hydroxyl groups is 1. The van der Waals surface area contributed by atoms with Gasteiger partial charge in [0.05, 0.1) is 6.61 Å². The molecule has 4 rings (SSSR count). The first-order valence-corrected chi connectivity index (χ1v) is 9.37. The highest BCUT2D eigenvalue weighted by Crippen LogP contribution is 2.25. The van der Waals surface area contributed by atoms with E-state index in [1.807, 2.05) is 30.5 Å². The minimum atomic E-state index is -1.68. The van der Waals surface area contributed by atoms with Crippen LogP contribution >= 0.6 is 0 Å². The maximum atomic E-state index is 12.9. The Bertz CT molecular complexity index is 1110. The van der Waals surface area contributed by atoms with E-state index in [2.05, 4.69) is 10.3 Å². The molecule has 2 aromatic carbocycles. The van der Waals surface area contributed by atoms with Gasteiger partial charge in [0, 0.05) is 35.2 Å². The fourth-order valence-electron chi connectivity index (χ4n) is 3.38. The van der Waals surface area contributed by atoms with Gasteiger partial charge in [0.2, 0.25) is 0 Å². The van der Waals surface area contributed by atoms with E-state index in [0.29, 0.717) is 23.5 Å². The summed E-state index contributed by atoms with van der Waals surface area (Å²) in [7, 11) is 0. The molecule has 0 radical (unpaired) electrons. The minimum Gasteiger partial charge on any atom is -0.384 e. The number of nitrogen functional groups attached to an aromatic ring is 1. The Balaban J connectivity index is 1.47. The lowest BCUT2D eigenvalue weighted by Crippen LogP contribution is -2.55. The lowest BCUT2D eigenvalue weighted by Gasteiger charge is -2.34. The number of anilines is 2. The lowest BCUT2D eigenvalue weighted by molar-refractivity contribution is -0.150. The predicted octanol–water partition coefficient (Wildman–Crippen LogP) is 1.18. The van der Waals surface area contributed by atoms with Crippen LogP contribution < -0.4 is 16.0 Å². The van der Waals surface area contributed by atoms with Crippen molar-refractivity contribution in [1.82, 2.24) is 4.98 Å². The second-order valence-electron chi connectivity index (χ2n) is 6.96. The number of nitrogens with two attached hydrogens (primary N) is 1. The van der Waals surface area contributed by atoms with Crippen LogP contribution in [0.2, 0.25) is 0 Å². The van der Waals surface area contributed by atoms with Gasteiger partial charge in [-0.25, -0.2) is 0 Å². The number of benzene rings is 2. The Morgan fingerprint density at radius 3 is 2.77 bits per heavy atom. The van der Waals surface area contributed by atoms with Gasteiger partial charge < -0.3 is 30.8 Å². The van der Waals surface area contributed by atoms with Gasteiger partial charge in [-0.3, -0.25) is 15.0 Å². The topological polar surface area (TPSA) is 145 Å². The van der Waals surface area contributed by atoms with E-state index >= 15 is 0 Å². The Kier molecular flexibility index (Phi) is 5.21. The number of aliphatic hydroxyl groups excluding tert-OH is 1. The molecule has 0 aliphatic carbocycles. The van der Waals surface area contributed by atoms with E-state index in [0.717, 1.165) is 10.9 Å². The van der Waals surface area contributed by atoms with Gasteiger partial charge in [0.25, 0.3) is 11.8 Å². The number of hydrogen-bond acceptors (Lipinski definition) is 5. The quantitative estimate of drug-likeness (QED) is 0.319. The van der Waals surface area contributed by atoms with Crippen LogP contribution in [0.1, 0.15) is 5.56 Å². The first-order valence-electron chi connectivity index (χ1n) is 9.37. The van der Waals surface area contributed by atoms with E-state index in [1.165, 1.54) is 4.90 Å². The SMILES string of the molecule is N=C(N)c1ccc(NC(=O)[C@H](O)[C@H]2OCCN(c3ccc4cc[nH]c4c3)C2=O)cc1. The van der Waals surface area contributed by atoms with Crippen LogP contribution in [0.25, 0.3) is 10.9 Å². The van der Waals surface area contributed by atoms with Crippen molar-refractivity contribution < 1.29 is 19.4 Å². The largest absolute Gasteiger partial charge is 0.384 e. The van der Waals surface area contributed by atoms with Crippen LogP contribution in [0.3, 0.4) is 0 Å². The van der Waals surface area contributed by atoms with Crippen molar-refractivity contribution >= 4 is 39.9 Å². The summed E-state index contributed by atoms with van der Waals surface area (Å²) in [6.07, 6.45) is -1.17. The van der Waals surface area contributed by atoms with Crippen LogP contribution in [-0.2, 0) is 14.3 Å². The van der Waals surface area contributed by atoms with Crippen molar-refractivity contribution in [3.8, 4) is 0 Å². The van der Waals surface area contributed by atoms with Crippen LogP contribution in [0.5, 0.6) is 0 Å². The second-order valence-corrected chi connectivity index (χ2v) is 6.96. The van der Waals surface area contributed by atoms with Crippen molar-refractivity contribution in [2.75, 3.05) is 23.4 Å². The first kappa shape index (κ1) is 19.6. The van der Waals surface area contributed by atoms with Crippen molar-refractivity contribution in [3.63, 3.8) is 0 Å². The van der Waals surface area contributed by atoms with E-state index in [-0.39, 0.29) is 12.4 Å². The van der Waals surface area contributed by atoms with Crippen molar-refractivity contribution in [2.45, 2.75) is 12.2 Å². The number of aromatic nitrogens is 1.